The number of hydroxylamine groups is 2. The maximum atomic E-state index is 11.9. The molecule has 0 spiro atoms. The first-order valence-corrected chi connectivity index (χ1v) is 6.66. The van der Waals surface area contributed by atoms with Gasteiger partial charge in [0.1, 0.15) is 0 Å². The number of hydrogen-bond donors (Lipinski definition) is 0. The number of amides is 2. The first-order chi connectivity index (χ1) is 10.6. The Hall–Kier alpha value is -2.96. The predicted molar refractivity (Wildman–Crippen MR) is 73.2 cm³/mol. The molecule has 1 saturated heterocycles. The second-order valence-corrected chi connectivity index (χ2v) is 4.81. The third-order valence-electron chi connectivity index (χ3n) is 3.26. The van der Waals surface area contributed by atoms with E-state index in [1.165, 1.54) is 6.20 Å². The highest BCUT2D eigenvalue weighted by Gasteiger charge is 2.34. The molecule has 0 saturated carbocycles. The molecule has 1 aliphatic heterocycles. The van der Waals surface area contributed by atoms with Gasteiger partial charge in [-0.05, 0) is 18.6 Å². The number of oxazole rings is 1. The molecule has 112 valence electrons. The van der Waals surface area contributed by atoms with Crippen molar-refractivity contribution in [2.75, 3.05) is 0 Å². The molecule has 2 aromatic rings. The summed E-state index contributed by atoms with van der Waals surface area (Å²) in [5, 5.41) is 0.471. The summed E-state index contributed by atoms with van der Waals surface area (Å²) >= 11 is 0. The molecule has 22 heavy (non-hydrogen) atoms. The smallest absolute Gasteiger partial charge is 0.400 e. The fourth-order valence-electron chi connectivity index (χ4n) is 2.09. The molecule has 7 heteroatoms. The molecular formula is C15H12N2O5. The fourth-order valence-corrected chi connectivity index (χ4v) is 2.09. The van der Waals surface area contributed by atoms with E-state index in [2.05, 4.69) is 4.98 Å². The van der Waals surface area contributed by atoms with Gasteiger partial charge in [0.25, 0.3) is 11.8 Å². The van der Waals surface area contributed by atoms with Crippen LogP contribution in [0.3, 0.4) is 0 Å². The van der Waals surface area contributed by atoms with Crippen LogP contribution in [0.25, 0.3) is 11.5 Å². The number of hydrogen-bond acceptors (Lipinski definition) is 6. The van der Waals surface area contributed by atoms with Crippen molar-refractivity contribution in [2.24, 2.45) is 0 Å². The molecule has 7 nitrogen and oxygen atoms in total. The summed E-state index contributed by atoms with van der Waals surface area (Å²) in [4.78, 5) is 43.5. The molecule has 1 aliphatic rings. The molecule has 2 amide bonds. The van der Waals surface area contributed by atoms with Gasteiger partial charge in [0.2, 0.25) is 11.7 Å². The summed E-state index contributed by atoms with van der Waals surface area (Å²) in [6.07, 6.45) is 1.28. The van der Waals surface area contributed by atoms with Crippen molar-refractivity contribution < 1.29 is 23.6 Å². The van der Waals surface area contributed by atoms with Crippen molar-refractivity contribution in [2.45, 2.75) is 19.8 Å². The van der Waals surface area contributed by atoms with E-state index in [0.29, 0.717) is 5.06 Å². The Kier molecular flexibility index (Phi) is 3.46. The second-order valence-electron chi connectivity index (χ2n) is 4.81. The summed E-state index contributed by atoms with van der Waals surface area (Å²) in [5.41, 5.74) is 1.68. The molecule has 0 radical (unpaired) electrons. The number of carbonyl (C=O) groups excluding carboxylic acids is 3. The van der Waals surface area contributed by atoms with Crippen molar-refractivity contribution in [1.29, 1.82) is 0 Å². The van der Waals surface area contributed by atoms with Gasteiger partial charge in [0, 0.05) is 18.4 Å². The lowest BCUT2D eigenvalue weighted by molar-refractivity contribution is -0.173. The van der Waals surface area contributed by atoms with Crippen LogP contribution >= 0.6 is 0 Å². The van der Waals surface area contributed by atoms with Crippen LogP contribution in [0.4, 0.5) is 0 Å². The molecule has 1 fully saturated rings. The van der Waals surface area contributed by atoms with Crippen molar-refractivity contribution in [3.63, 3.8) is 0 Å². The van der Waals surface area contributed by atoms with Crippen molar-refractivity contribution in [1.82, 2.24) is 10.0 Å². The van der Waals surface area contributed by atoms with E-state index in [1.54, 1.807) is 0 Å². The zero-order chi connectivity index (χ0) is 15.7. The van der Waals surface area contributed by atoms with Gasteiger partial charge in [-0.2, -0.15) is 0 Å². The number of nitrogens with zero attached hydrogens (tertiary/aromatic N) is 2. The van der Waals surface area contributed by atoms with Crippen LogP contribution in [-0.4, -0.2) is 27.8 Å². The van der Waals surface area contributed by atoms with Gasteiger partial charge in [-0.15, -0.1) is 5.06 Å². The Bertz CT molecular complexity index is 749. The number of aryl methyl sites for hydroxylation is 1. The number of carbonyl (C=O) groups is 3. The molecule has 0 atom stereocenters. The first-order valence-electron chi connectivity index (χ1n) is 6.66. The van der Waals surface area contributed by atoms with Crippen molar-refractivity contribution >= 4 is 17.8 Å². The van der Waals surface area contributed by atoms with Gasteiger partial charge in [-0.1, -0.05) is 18.2 Å². The van der Waals surface area contributed by atoms with E-state index in [-0.39, 0.29) is 24.5 Å². The molecule has 0 bridgehead atoms. The molecule has 2 heterocycles. The van der Waals surface area contributed by atoms with Gasteiger partial charge in [-0.3, -0.25) is 9.59 Å². The average molecular weight is 300 g/mol. The molecule has 0 aliphatic carbocycles. The molecule has 3 rings (SSSR count). The van der Waals surface area contributed by atoms with Crippen molar-refractivity contribution in [3.8, 4) is 11.5 Å². The Morgan fingerprint density at radius 3 is 2.59 bits per heavy atom. The number of imide groups is 1. The monoisotopic (exact) mass is 300 g/mol. The van der Waals surface area contributed by atoms with E-state index in [4.69, 9.17) is 9.25 Å². The maximum Gasteiger partial charge on any atom is 0.400 e. The Labute approximate surface area is 125 Å². The van der Waals surface area contributed by atoms with Crippen LogP contribution in [0.1, 0.15) is 29.0 Å². The minimum Gasteiger partial charge on any atom is -0.429 e. The Balaban J connectivity index is 1.79. The van der Waals surface area contributed by atoms with E-state index < -0.39 is 17.8 Å². The third-order valence-corrected chi connectivity index (χ3v) is 3.26. The van der Waals surface area contributed by atoms with Crippen molar-refractivity contribution in [3.05, 3.63) is 41.8 Å². The SMILES string of the molecule is Cc1ccccc1-c1ncc(C(=O)ON2C(=O)CCC2=O)o1. The topological polar surface area (TPSA) is 89.7 Å². The average Bonchev–Trinajstić information content (AvgIpc) is 3.10. The summed E-state index contributed by atoms with van der Waals surface area (Å²) in [7, 11) is 0. The Morgan fingerprint density at radius 1 is 1.23 bits per heavy atom. The van der Waals surface area contributed by atoms with Crippen LogP contribution < -0.4 is 0 Å². The standard InChI is InChI=1S/C15H12N2O5/c1-9-4-2-3-5-10(9)14-16-8-11(21-14)15(20)22-17-12(18)6-7-13(17)19/h2-5,8H,6-7H2,1H3. The van der Waals surface area contributed by atoms with Gasteiger partial charge in [-0.25, -0.2) is 9.78 Å². The molecule has 0 unspecified atom stereocenters. The van der Waals surface area contributed by atoms with Crippen LogP contribution in [0, 0.1) is 6.92 Å². The highest BCUT2D eigenvalue weighted by Crippen LogP contribution is 2.23. The van der Waals surface area contributed by atoms with E-state index in [9.17, 15) is 14.4 Å². The highest BCUT2D eigenvalue weighted by molar-refractivity contribution is 6.02. The zero-order valence-corrected chi connectivity index (χ0v) is 11.7. The van der Waals surface area contributed by atoms with E-state index in [1.807, 2.05) is 31.2 Å². The minimum atomic E-state index is -0.934. The zero-order valence-electron chi connectivity index (χ0n) is 11.7. The summed E-state index contributed by atoms with van der Waals surface area (Å²) < 4.78 is 5.36. The number of rotatable bonds is 3. The summed E-state index contributed by atoms with van der Waals surface area (Å²) in [6.45, 7) is 1.89. The van der Waals surface area contributed by atoms with E-state index in [0.717, 1.165) is 11.1 Å². The second kappa shape index (κ2) is 5.44. The third kappa shape index (κ3) is 2.48. The predicted octanol–water partition coefficient (Wildman–Crippen LogP) is 1.87. The largest absolute Gasteiger partial charge is 0.429 e. The lowest BCUT2D eigenvalue weighted by atomic mass is 10.1. The van der Waals surface area contributed by atoms with Gasteiger partial charge in [0.05, 0.1) is 6.20 Å². The van der Waals surface area contributed by atoms with Gasteiger partial charge >= 0.3 is 5.97 Å². The summed E-state index contributed by atoms with van der Waals surface area (Å²) in [6, 6.07) is 7.40. The molecule has 1 aromatic carbocycles. The lowest BCUT2D eigenvalue weighted by Crippen LogP contribution is -2.31. The summed E-state index contributed by atoms with van der Waals surface area (Å²) in [5.74, 6) is -1.93. The normalized spacial score (nSPS) is 14.5. The quantitative estimate of drug-likeness (QED) is 0.804. The fraction of sp³-hybridized carbons (Fsp3) is 0.200. The van der Waals surface area contributed by atoms with Crippen LogP contribution in [0.2, 0.25) is 0 Å². The van der Waals surface area contributed by atoms with Gasteiger partial charge in [0.15, 0.2) is 0 Å². The lowest BCUT2D eigenvalue weighted by Gasteiger charge is -2.10. The minimum absolute atomic E-state index is 0.0387. The highest BCUT2D eigenvalue weighted by atomic mass is 16.7. The number of aromatic nitrogens is 1. The molecule has 1 aromatic heterocycles. The number of benzene rings is 1. The van der Waals surface area contributed by atoms with Crippen LogP contribution in [0.5, 0.6) is 0 Å². The van der Waals surface area contributed by atoms with Crippen LogP contribution in [0.15, 0.2) is 34.9 Å². The first kappa shape index (κ1) is 14.0. The van der Waals surface area contributed by atoms with E-state index >= 15 is 0 Å². The maximum absolute atomic E-state index is 11.9. The molecule has 0 N–H and O–H groups in total. The van der Waals surface area contributed by atoms with Crippen LogP contribution in [-0.2, 0) is 14.4 Å². The molecular weight excluding hydrogens is 288 g/mol. The Morgan fingerprint density at radius 2 is 1.91 bits per heavy atom. The van der Waals surface area contributed by atoms with Gasteiger partial charge < -0.3 is 9.25 Å².